The lowest BCUT2D eigenvalue weighted by atomic mass is 10.2. The van der Waals surface area contributed by atoms with Crippen molar-refractivity contribution in [3.8, 4) is 12.1 Å². The van der Waals surface area contributed by atoms with Crippen LogP contribution in [0.15, 0.2) is 18.3 Å². The normalized spacial score (nSPS) is 15.4. The predicted molar refractivity (Wildman–Crippen MR) is 95.2 cm³/mol. The molecule has 2 heterocycles. The number of likely N-dealkylation sites (tertiary alicyclic amines) is 1. The number of anilines is 1. The first-order valence-electron chi connectivity index (χ1n) is 7.24. The van der Waals surface area contributed by atoms with Gasteiger partial charge in [-0.2, -0.15) is 10.5 Å². The summed E-state index contributed by atoms with van der Waals surface area (Å²) in [4.78, 5) is 17.7. The van der Waals surface area contributed by atoms with E-state index in [4.69, 9.17) is 10.5 Å². The molecule has 1 saturated heterocycles. The van der Waals surface area contributed by atoms with E-state index in [2.05, 4.69) is 21.7 Å². The SMILES string of the molecule is Cl.Cl.N#Cc1ccc(NCCNCC(=O)N2CCC[C@@H]2C#N)nc1. The van der Waals surface area contributed by atoms with Crippen LogP contribution in [0.5, 0.6) is 0 Å². The van der Waals surface area contributed by atoms with Crippen molar-refractivity contribution in [2.24, 2.45) is 0 Å². The molecule has 0 bridgehead atoms. The summed E-state index contributed by atoms with van der Waals surface area (Å²) >= 11 is 0. The fourth-order valence-corrected chi connectivity index (χ4v) is 2.34. The van der Waals surface area contributed by atoms with Crippen molar-refractivity contribution in [3.05, 3.63) is 23.9 Å². The first kappa shape index (κ1) is 21.9. The van der Waals surface area contributed by atoms with E-state index in [9.17, 15) is 4.79 Å². The van der Waals surface area contributed by atoms with Crippen molar-refractivity contribution in [1.29, 1.82) is 10.5 Å². The van der Waals surface area contributed by atoms with Crippen LogP contribution in [0.25, 0.3) is 0 Å². The molecule has 9 heteroatoms. The van der Waals surface area contributed by atoms with Crippen LogP contribution in [0, 0.1) is 22.7 Å². The largest absolute Gasteiger partial charge is 0.369 e. The van der Waals surface area contributed by atoms with Gasteiger partial charge in [0.2, 0.25) is 5.91 Å². The summed E-state index contributed by atoms with van der Waals surface area (Å²) < 4.78 is 0. The molecule has 0 aromatic carbocycles. The fourth-order valence-electron chi connectivity index (χ4n) is 2.34. The van der Waals surface area contributed by atoms with Crippen molar-refractivity contribution in [2.75, 3.05) is 31.5 Å². The van der Waals surface area contributed by atoms with Crippen molar-refractivity contribution < 1.29 is 4.79 Å². The van der Waals surface area contributed by atoms with Crippen LogP contribution in [-0.2, 0) is 4.79 Å². The molecule has 1 aliphatic rings. The van der Waals surface area contributed by atoms with E-state index in [1.807, 2.05) is 6.07 Å². The van der Waals surface area contributed by atoms with Gasteiger partial charge in [-0.05, 0) is 25.0 Å². The van der Waals surface area contributed by atoms with E-state index in [0.29, 0.717) is 31.0 Å². The number of hydrogen-bond donors (Lipinski definition) is 2. The van der Waals surface area contributed by atoms with Crippen molar-refractivity contribution in [1.82, 2.24) is 15.2 Å². The second-order valence-corrected chi connectivity index (χ2v) is 5.02. The highest BCUT2D eigenvalue weighted by Crippen LogP contribution is 2.15. The Hall–Kier alpha value is -2.06. The zero-order valence-electron chi connectivity index (χ0n) is 13.1. The number of nitrogens with one attached hydrogen (secondary N) is 2. The van der Waals surface area contributed by atoms with Crippen molar-refractivity contribution in [3.63, 3.8) is 0 Å². The Morgan fingerprint density at radius 1 is 1.33 bits per heavy atom. The minimum atomic E-state index is -0.268. The van der Waals surface area contributed by atoms with Crippen LogP contribution in [0.2, 0.25) is 0 Å². The van der Waals surface area contributed by atoms with Gasteiger partial charge in [0.05, 0.1) is 18.2 Å². The first-order chi connectivity index (χ1) is 10.7. The summed E-state index contributed by atoms with van der Waals surface area (Å²) in [6.45, 7) is 2.14. The van der Waals surface area contributed by atoms with E-state index in [1.54, 1.807) is 17.0 Å². The third-order valence-electron chi connectivity index (χ3n) is 3.50. The maximum absolute atomic E-state index is 12.0. The Bertz CT molecular complexity index is 595. The Morgan fingerprint density at radius 3 is 2.75 bits per heavy atom. The molecule has 1 amide bonds. The van der Waals surface area contributed by atoms with Gasteiger partial charge in [-0.1, -0.05) is 0 Å². The highest BCUT2D eigenvalue weighted by atomic mass is 35.5. The monoisotopic (exact) mass is 370 g/mol. The summed E-state index contributed by atoms with van der Waals surface area (Å²) in [5.41, 5.74) is 0.520. The quantitative estimate of drug-likeness (QED) is 0.731. The van der Waals surface area contributed by atoms with E-state index >= 15 is 0 Å². The smallest absolute Gasteiger partial charge is 0.237 e. The maximum Gasteiger partial charge on any atom is 0.237 e. The number of rotatable bonds is 6. The van der Waals surface area contributed by atoms with E-state index in [1.165, 1.54) is 6.20 Å². The molecule has 1 atom stereocenters. The van der Waals surface area contributed by atoms with E-state index < -0.39 is 0 Å². The maximum atomic E-state index is 12.0. The summed E-state index contributed by atoms with van der Waals surface area (Å²) in [5.74, 6) is 0.664. The van der Waals surface area contributed by atoms with Gasteiger partial charge >= 0.3 is 0 Å². The van der Waals surface area contributed by atoms with Gasteiger partial charge < -0.3 is 15.5 Å². The summed E-state index contributed by atoms with van der Waals surface area (Å²) in [7, 11) is 0. The van der Waals surface area contributed by atoms with Gasteiger partial charge in [-0.25, -0.2) is 4.98 Å². The zero-order valence-corrected chi connectivity index (χ0v) is 14.7. The van der Waals surface area contributed by atoms with Crippen LogP contribution >= 0.6 is 24.8 Å². The van der Waals surface area contributed by atoms with Crippen LogP contribution in [0.1, 0.15) is 18.4 Å². The molecule has 7 nitrogen and oxygen atoms in total. The van der Waals surface area contributed by atoms with Crippen molar-refractivity contribution >= 4 is 36.5 Å². The highest BCUT2D eigenvalue weighted by molar-refractivity contribution is 5.85. The average molecular weight is 371 g/mol. The standard InChI is InChI=1S/C15H18N6O.2ClH/c16-8-12-3-4-14(20-10-12)19-6-5-18-11-15(22)21-7-1-2-13(21)9-17;;/h3-4,10,13,18H,1-2,5-7,11H2,(H,19,20);2*1H/t13-;;/m1../s1. The van der Waals surface area contributed by atoms with Crippen LogP contribution in [0.4, 0.5) is 5.82 Å². The molecular weight excluding hydrogens is 351 g/mol. The topological polar surface area (TPSA) is 105 Å². The number of halogens is 2. The van der Waals surface area contributed by atoms with E-state index in [0.717, 1.165) is 12.8 Å². The number of nitriles is 2. The Labute approximate surface area is 153 Å². The number of carbonyl (C=O) groups is 1. The van der Waals surface area contributed by atoms with Crippen LogP contribution in [0.3, 0.4) is 0 Å². The lowest BCUT2D eigenvalue weighted by Gasteiger charge is -2.19. The Balaban J connectivity index is 0.00000264. The van der Waals surface area contributed by atoms with Gasteiger partial charge in [0, 0.05) is 25.8 Å². The molecule has 130 valence electrons. The fraction of sp³-hybridized carbons (Fsp3) is 0.467. The predicted octanol–water partition coefficient (Wildman–Crippen LogP) is 1.31. The second-order valence-electron chi connectivity index (χ2n) is 5.02. The molecule has 0 radical (unpaired) electrons. The molecule has 1 aliphatic heterocycles. The van der Waals surface area contributed by atoms with Crippen LogP contribution in [-0.4, -0.2) is 48.0 Å². The number of nitrogens with zero attached hydrogens (tertiary/aromatic N) is 4. The third-order valence-corrected chi connectivity index (χ3v) is 3.50. The lowest BCUT2D eigenvalue weighted by molar-refractivity contribution is -0.130. The minimum Gasteiger partial charge on any atom is -0.369 e. The number of hydrogen-bond acceptors (Lipinski definition) is 6. The first-order valence-corrected chi connectivity index (χ1v) is 7.24. The van der Waals surface area contributed by atoms with Gasteiger partial charge in [-0.15, -0.1) is 24.8 Å². The van der Waals surface area contributed by atoms with Gasteiger partial charge in [0.15, 0.2) is 0 Å². The van der Waals surface area contributed by atoms with Gasteiger partial charge in [0.1, 0.15) is 17.9 Å². The third kappa shape index (κ3) is 6.21. The molecule has 0 spiro atoms. The van der Waals surface area contributed by atoms with Crippen LogP contribution < -0.4 is 10.6 Å². The molecule has 2 rings (SSSR count). The molecule has 0 unspecified atom stereocenters. The minimum absolute atomic E-state index is 0. The molecule has 1 aromatic rings. The molecule has 0 saturated carbocycles. The molecule has 1 aromatic heterocycles. The van der Waals surface area contributed by atoms with Gasteiger partial charge in [0.25, 0.3) is 0 Å². The molecular formula is C15H20Cl2N6O. The molecule has 24 heavy (non-hydrogen) atoms. The summed E-state index contributed by atoms with van der Waals surface area (Å²) in [6.07, 6.45) is 3.18. The lowest BCUT2D eigenvalue weighted by Crippen LogP contribution is -2.41. The molecule has 0 aliphatic carbocycles. The average Bonchev–Trinajstić information content (AvgIpc) is 3.03. The summed E-state index contributed by atoms with van der Waals surface area (Å²) in [5, 5.41) is 23.8. The number of carbonyl (C=O) groups excluding carboxylic acids is 1. The van der Waals surface area contributed by atoms with Crippen molar-refractivity contribution in [2.45, 2.75) is 18.9 Å². The van der Waals surface area contributed by atoms with Gasteiger partial charge in [-0.3, -0.25) is 4.79 Å². The summed E-state index contributed by atoms with van der Waals surface area (Å²) in [6, 6.07) is 7.34. The Morgan fingerprint density at radius 2 is 2.12 bits per heavy atom. The zero-order chi connectivity index (χ0) is 15.8. The number of pyridine rings is 1. The van der Waals surface area contributed by atoms with E-state index in [-0.39, 0.29) is 43.3 Å². The molecule has 1 fully saturated rings. The second kappa shape index (κ2) is 11.5. The Kier molecular flexibility index (Phi) is 10.5. The molecule has 2 N–H and O–H groups in total. The number of aromatic nitrogens is 1. The highest BCUT2D eigenvalue weighted by Gasteiger charge is 2.27. The number of amides is 1.